The summed E-state index contributed by atoms with van der Waals surface area (Å²) in [4.78, 5) is 19.7. The maximum absolute atomic E-state index is 11.2. The lowest BCUT2D eigenvalue weighted by atomic mass is 10.3. The molecular formula is C13H16N4O3S. The Morgan fingerprint density at radius 3 is 2.90 bits per heavy atom. The minimum Gasteiger partial charge on any atom is -0.470 e. The number of nitro groups is 1. The van der Waals surface area contributed by atoms with E-state index in [-0.39, 0.29) is 23.5 Å². The van der Waals surface area contributed by atoms with Crippen LogP contribution in [0.5, 0.6) is 5.88 Å². The molecule has 1 N–H and O–H groups in total. The van der Waals surface area contributed by atoms with E-state index in [1.807, 2.05) is 17.5 Å². The molecule has 2 aromatic rings. The maximum Gasteiger partial charge on any atom is 0.372 e. The summed E-state index contributed by atoms with van der Waals surface area (Å²) in [5, 5.41) is 16.2. The van der Waals surface area contributed by atoms with E-state index in [0.717, 1.165) is 6.42 Å². The number of nitrogens with zero attached hydrogens (tertiary/aromatic N) is 3. The predicted octanol–water partition coefficient (Wildman–Crippen LogP) is 2.89. The molecule has 2 aromatic heterocycles. The molecule has 0 saturated heterocycles. The van der Waals surface area contributed by atoms with Crippen molar-refractivity contribution in [2.45, 2.75) is 26.4 Å². The zero-order valence-electron chi connectivity index (χ0n) is 11.8. The summed E-state index contributed by atoms with van der Waals surface area (Å²) >= 11 is 1.65. The Balaban J connectivity index is 2.12. The molecule has 0 fully saturated rings. The highest BCUT2D eigenvalue weighted by molar-refractivity contribution is 7.09. The van der Waals surface area contributed by atoms with Gasteiger partial charge in [0.2, 0.25) is 5.82 Å². The van der Waals surface area contributed by atoms with Gasteiger partial charge in [-0.15, -0.1) is 11.3 Å². The third-order valence-electron chi connectivity index (χ3n) is 2.56. The standard InChI is InChI=1S/C13H16N4O3S/c1-9(2)20-13-11(17(18)19)12(15-8-16-13)14-6-5-10-4-3-7-21-10/h3-4,7-9H,5-6H2,1-2H3,(H,14,15,16). The van der Waals surface area contributed by atoms with E-state index in [0.29, 0.717) is 6.54 Å². The van der Waals surface area contributed by atoms with Crippen molar-refractivity contribution in [3.63, 3.8) is 0 Å². The largest absolute Gasteiger partial charge is 0.470 e. The molecule has 0 aromatic carbocycles. The smallest absolute Gasteiger partial charge is 0.372 e. The Bertz CT molecular complexity index is 601. The molecule has 0 atom stereocenters. The summed E-state index contributed by atoms with van der Waals surface area (Å²) in [5.74, 6) is 0.172. The van der Waals surface area contributed by atoms with Crippen molar-refractivity contribution >= 4 is 22.8 Å². The molecular weight excluding hydrogens is 292 g/mol. The van der Waals surface area contributed by atoms with E-state index in [4.69, 9.17) is 4.74 Å². The second-order valence-electron chi connectivity index (χ2n) is 4.56. The van der Waals surface area contributed by atoms with Gasteiger partial charge in [0.15, 0.2) is 0 Å². The van der Waals surface area contributed by atoms with Gasteiger partial charge in [0, 0.05) is 11.4 Å². The SMILES string of the molecule is CC(C)Oc1ncnc(NCCc2cccs2)c1[N+](=O)[O-]. The minimum atomic E-state index is -0.523. The second-order valence-corrected chi connectivity index (χ2v) is 5.59. The van der Waals surface area contributed by atoms with Gasteiger partial charge in [0.1, 0.15) is 6.33 Å². The average Bonchev–Trinajstić information content (AvgIpc) is 2.91. The van der Waals surface area contributed by atoms with Crippen molar-refractivity contribution in [3.05, 3.63) is 38.8 Å². The number of thiophene rings is 1. The Kier molecular flexibility index (Phi) is 5.04. The molecule has 0 amide bonds. The lowest BCUT2D eigenvalue weighted by Crippen LogP contribution is -2.13. The number of hydrogen-bond acceptors (Lipinski definition) is 7. The molecule has 0 radical (unpaired) electrons. The summed E-state index contributed by atoms with van der Waals surface area (Å²) in [6.45, 7) is 4.13. The van der Waals surface area contributed by atoms with Crippen LogP contribution in [0.4, 0.5) is 11.5 Å². The lowest BCUT2D eigenvalue weighted by molar-refractivity contribution is -0.385. The minimum absolute atomic E-state index is 0.0105. The molecule has 2 rings (SSSR count). The molecule has 0 bridgehead atoms. The van der Waals surface area contributed by atoms with Crippen molar-refractivity contribution in [1.29, 1.82) is 0 Å². The van der Waals surface area contributed by atoms with Gasteiger partial charge < -0.3 is 10.1 Å². The number of anilines is 1. The first-order valence-electron chi connectivity index (χ1n) is 6.50. The first-order chi connectivity index (χ1) is 10.1. The van der Waals surface area contributed by atoms with Gasteiger partial charge >= 0.3 is 5.69 Å². The molecule has 112 valence electrons. The van der Waals surface area contributed by atoms with Crippen molar-refractivity contribution in [1.82, 2.24) is 9.97 Å². The normalized spacial score (nSPS) is 10.6. The van der Waals surface area contributed by atoms with E-state index in [9.17, 15) is 10.1 Å². The van der Waals surface area contributed by atoms with Crippen LogP contribution in [-0.4, -0.2) is 27.5 Å². The van der Waals surface area contributed by atoms with Gasteiger partial charge in [-0.2, -0.15) is 4.98 Å². The molecule has 0 unspecified atom stereocenters. The van der Waals surface area contributed by atoms with Crippen LogP contribution in [0.15, 0.2) is 23.8 Å². The molecule has 0 aliphatic heterocycles. The number of nitrogens with one attached hydrogen (secondary N) is 1. The fourth-order valence-corrected chi connectivity index (χ4v) is 2.43. The van der Waals surface area contributed by atoms with Crippen LogP contribution in [0.1, 0.15) is 18.7 Å². The van der Waals surface area contributed by atoms with E-state index in [1.165, 1.54) is 11.2 Å². The summed E-state index contributed by atoms with van der Waals surface area (Å²) < 4.78 is 5.37. The Morgan fingerprint density at radius 2 is 2.29 bits per heavy atom. The molecule has 0 saturated carbocycles. The highest BCUT2D eigenvalue weighted by Gasteiger charge is 2.24. The highest BCUT2D eigenvalue weighted by atomic mass is 32.1. The number of rotatable bonds is 7. The summed E-state index contributed by atoms with van der Waals surface area (Å²) in [5.41, 5.74) is -0.225. The summed E-state index contributed by atoms with van der Waals surface area (Å²) in [6, 6.07) is 4.00. The second kappa shape index (κ2) is 6.98. The highest BCUT2D eigenvalue weighted by Crippen LogP contribution is 2.31. The fourth-order valence-electron chi connectivity index (χ4n) is 1.72. The van der Waals surface area contributed by atoms with Crippen LogP contribution < -0.4 is 10.1 Å². The van der Waals surface area contributed by atoms with E-state index in [2.05, 4.69) is 15.3 Å². The van der Waals surface area contributed by atoms with E-state index >= 15 is 0 Å². The van der Waals surface area contributed by atoms with Crippen LogP contribution >= 0.6 is 11.3 Å². The first-order valence-corrected chi connectivity index (χ1v) is 7.38. The number of aromatic nitrogens is 2. The van der Waals surface area contributed by atoms with Crippen molar-refractivity contribution in [2.24, 2.45) is 0 Å². The predicted molar refractivity (Wildman–Crippen MR) is 81.0 cm³/mol. The molecule has 0 aliphatic rings. The monoisotopic (exact) mass is 308 g/mol. The van der Waals surface area contributed by atoms with Crippen LogP contribution in [0.3, 0.4) is 0 Å². The van der Waals surface area contributed by atoms with Gasteiger partial charge in [-0.3, -0.25) is 10.1 Å². The first kappa shape index (κ1) is 15.2. The van der Waals surface area contributed by atoms with Crippen molar-refractivity contribution in [3.8, 4) is 5.88 Å². The molecule has 2 heterocycles. The third kappa shape index (κ3) is 4.12. The van der Waals surface area contributed by atoms with Gasteiger partial charge in [-0.25, -0.2) is 4.98 Å². The Hall–Kier alpha value is -2.22. The van der Waals surface area contributed by atoms with Crippen LogP contribution in [-0.2, 0) is 6.42 Å². The van der Waals surface area contributed by atoms with Gasteiger partial charge in [-0.1, -0.05) is 6.07 Å². The average molecular weight is 308 g/mol. The zero-order valence-corrected chi connectivity index (χ0v) is 12.6. The maximum atomic E-state index is 11.2. The third-order valence-corrected chi connectivity index (χ3v) is 3.50. The molecule has 7 nitrogen and oxygen atoms in total. The van der Waals surface area contributed by atoms with E-state index in [1.54, 1.807) is 25.2 Å². The topological polar surface area (TPSA) is 90.2 Å². The van der Waals surface area contributed by atoms with Crippen LogP contribution in [0, 0.1) is 10.1 Å². The molecule has 21 heavy (non-hydrogen) atoms. The van der Waals surface area contributed by atoms with Gasteiger partial charge in [0.05, 0.1) is 11.0 Å². The Labute approximate surface area is 126 Å². The zero-order chi connectivity index (χ0) is 15.2. The number of ether oxygens (including phenoxy) is 1. The molecule has 0 aliphatic carbocycles. The molecule has 8 heteroatoms. The van der Waals surface area contributed by atoms with Crippen LogP contribution in [0.2, 0.25) is 0 Å². The van der Waals surface area contributed by atoms with Crippen molar-refractivity contribution < 1.29 is 9.66 Å². The molecule has 0 spiro atoms. The number of hydrogen-bond donors (Lipinski definition) is 1. The van der Waals surface area contributed by atoms with Crippen molar-refractivity contribution in [2.75, 3.05) is 11.9 Å². The fraction of sp³-hybridized carbons (Fsp3) is 0.385. The van der Waals surface area contributed by atoms with Gasteiger partial charge in [0.25, 0.3) is 5.88 Å². The lowest BCUT2D eigenvalue weighted by Gasteiger charge is -2.11. The quantitative estimate of drug-likeness (QED) is 0.625. The summed E-state index contributed by atoms with van der Waals surface area (Å²) in [6.07, 6.45) is 1.84. The van der Waals surface area contributed by atoms with E-state index < -0.39 is 4.92 Å². The van der Waals surface area contributed by atoms with Crippen LogP contribution in [0.25, 0.3) is 0 Å². The Morgan fingerprint density at radius 1 is 1.48 bits per heavy atom. The van der Waals surface area contributed by atoms with Gasteiger partial charge in [-0.05, 0) is 31.7 Å². The summed E-state index contributed by atoms with van der Waals surface area (Å²) in [7, 11) is 0.